The molecule has 1 aromatic heterocycles. The highest BCUT2D eigenvalue weighted by Crippen LogP contribution is 2.34. The second-order valence-corrected chi connectivity index (χ2v) is 11.8. The molecule has 2 fully saturated rings. The molecule has 42 heavy (non-hydrogen) atoms. The molecule has 2 saturated heterocycles. The number of likely N-dealkylation sites (tertiary alicyclic amines) is 1. The lowest BCUT2D eigenvalue weighted by molar-refractivity contribution is -0.138. The molecule has 5 rings (SSSR count). The van der Waals surface area contributed by atoms with Gasteiger partial charge in [0.2, 0.25) is 0 Å². The summed E-state index contributed by atoms with van der Waals surface area (Å²) in [4.78, 5) is 31.6. The van der Waals surface area contributed by atoms with Gasteiger partial charge >= 0.3 is 6.18 Å². The molecule has 2 aliphatic rings. The predicted octanol–water partition coefficient (Wildman–Crippen LogP) is 5.76. The Hall–Kier alpha value is -3.41. The number of aryl methyl sites for hydroxylation is 1. The van der Waals surface area contributed by atoms with E-state index in [0.717, 1.165) is 24.7 Å². The van der Waals surface area contributed by atoms with Crippen molar-refractivity contribution in [1.82, 2.24) is 14.7 Å². The molecule has 0 radical (unpaired) electrons. The highest BCUT2D eigenvalue weighted by atomic mass is 32.1. The molecule has 3 heterocycles. The van der Waals surface area contributed by atoms with Crippen LogP contribution in [0.15, 0.2) is 53.2 Å². The minimum atomic E-state index is -4.58. The lowest BCUT2D eigenvalue weighted by atomic mass is 10.0. The van der Waals surface area contributed by atoms with Gasteiger partial charge in [0.1, 0.15) is 11.9 Å². The Morgan fingerprint density at radius 2 is 1.71 bits per heavy atom. The number of thiophene rings is 1. The van der Waals surface area contributed by atoms with Gasteiger partial charge < -0.3 is 19.9 Å². The van der Waals surface area contributed by atoms with Gasteiger partial charge in [-0.05, 0) is 54.7 Å². The van der Waals surface area contributed by atoms with Crippen molar-refractivity contribution in [2.45, 2.75) is 38.6 Å². The minimum Gasteiger partial charge on any atom is -0.490 e. The largest absolute Gasteiger partial charge is 0.490 e. The highest BCUT2D eigenvalue weighted by Gasteiger charge is 2.35. The third kappa shape index (κ3) is 7.32. The average Bonchev–Trinajstić information content (AvgIpc) is 3.51. The third-order valence-corrected chi connectivity index (χ3v) is 8.59. The Balaban J connectivity index is 1.22. The predicted molar refractivity (Wildman–Crippen MR) is 157 cm³/mol. The molecule has 0 saturated carbocycles. The van der Waals surface area contributed by atoms with E-state index in [1.807, 2.05) is 40.6 Å². The highest BCUT2D eigenvalue weighted by molar-refractivity contribution is 7.08. The Morgan fingerprint density at radius 3 is 2.38 bits per heavy atom. The van der Waals surface area contributed by atoms with E-state index in [-0.39, 0.29) is 29.7 Å². The van der Waals surface area contributed by atoms with E-state index < -0.39 is 17.6 Å². The number of benzene rings is 2. The van der Waals surface area contributed by atoms with Crippen LogP contribution in [0.2, 0.25) is 0 Å². The van der Waals surface area contributed by atoms with Crippen LogP contribution in [0, 0.1) is 6.92 Å². The van der Waals surface area contributed by atoms with Crippen LogP contribution in [0.1, 0.15) is 50.2 Å². The summed E-state index contributed by atoms with van der Waals surface area (Å²) in [5.41, 5.74) is 1.32. The Bertz CT molecular complexity index is 1400. The zero-order valence-electron chi connectivity index (χ0n) is 23.7. The first kappa shape index (κ1) is 30.1. The fourth-order valence-electron chi connectivity index (χ4n) is 5.30. The molecule has 11 heteroatoms. The number of halogens is 3. The van der Waals surface area contributed by atoms with Crippen molar-refractivity contribution in [2.75, 3.05) is 51.6 Å². The first-order valence-corrected chi connectivity index (χ1v) is 15.0. The number of amides is 2. The molecule has 2 amide bonds. The number of alkyl halides is 3. The Kier molecular flexibility index (Phi) is 9.19. The van der Waals surface area contributed by atoms with Crippen molar-refractivity contribution in [1.29, 1.82) is 0 Å². The SMILES string of the molecule is Cc1ccc(NC(=O)c2ccc(CN3CCN(C)CC3)c(C(F)(F)F)c2)cc1OC1CCN(C(=O)c2ccsc2)CC1. The summed E-state index contributed by atoms with van der Waals surface area (Å²) in [6, 6.07) is 10.8. The van der Waals surface area contributed by atoms with Crippen LogP contribution in [0.4, 0.5) is 18.9 Å². The third-order valence-electron chi connectivity index (χ3n) is 7.90. The zero-order chi connectivity index (χ0) is 29.9. The number of piperazine rings is 1. The fourth-order valence-corrected chi connectivity index (χ4v) is 5.93. The maximum Gasteiger partial charge on any atom is 0.416 e. The monoisotopic (exact) mass is 600 g/mol. The quantitative estimate of drug-likeness (QED) is 0.374. The van der Waals surface area contributed by atoms with Crippen LogP contribution in [0.3, 0.4) is 0 Å². The van der Waals surface area contributed by atoms with Crippen LogP contribution in [0.25, 0.3) is 0 Å². The van der Waals surface area contributed by atoms with Gasteiger partial charge in [0.05, 0.1) is 11.1 Å². The number of piperidine rings is 1. The summed E-state index contributed by atoms with van der Waals surface area (Å²) >= 11 is 1.49. The van der Waals surface area contributed by atoms with E-state index >= 15 is 0 Å². The lowest BCUT2D eigenvalue weighted by Crippen LogP contribution is -2.44. The van der Waals surface area contributed by atoms with Crippen LogP contribution in [-0.4, -0.2) is 78.9 Å². The number of anilines is 1. The van der Waals surface area contributed by atoms with Crippen molar-refractivity contribution >= 4 is 28.8 Å². The van der Waals surface area contributed by atoms with E-state index in [4.69, 9.17) is 4.74 Å². The van der Waals surface area contributed by atoms with Crippen molar-refractivity contribution < 1.29 is 27.5 Å². The van der Waals surface area contributed by atoms with Gasteiger partial charge in [-0.2, -0.15) is 24.5 Å². The van der Waals surface area contributed by atoms with Crippen molar-refractivity contribution in [3.63, 3.8) is 0 Å². The average molecular weight is 601 g/mol. The van der Waals surface area contributed by atoms with Crippen molar-refractivity contribution in [2.24, 2.45) is 0 Å². The fraction of sp³-hybridized carbons (Fsp3) is 0.419. The molecule has 0 aliphatic carbocycles. The smallest absolute Gasteiger partial charge is 0.416 e. The molecule has 0 unspecified atom stereocenters. The Labute approximate surface area is 247 Å². The van der Waals surface area contributed by atoms with Crippen LogP contribution in [-0.2, 0) is 12.7 Å². The summed E-state index contributed by atoms with van der Waals surface area (Å²) in [5.74, 6) is -0.00718. The van der Waals surface area contributed by atoms with Gasteiger partial charge in [0.15, 0.2) is 0 Å². The number of rotatable bonds is 7. The van der Waals surface area contributed by atoms with E-state index in [1.165, 1.54) is 23.5 Å². The lowest BCUT2D eigenvalue weighted by Gasteiger charge is -2.33. The molecular weight excluding hydrogens is 565 g/mol. The van der Waals surface area contributed by atoms with E-state index in [0.29, 0.717) is 56.0 Å². The topological polar surface area (TPSA) is 65.1 Å². The number of hydrogen-bond donors (Lipinski definition) is 1. The van der Waals surface area contributed by atoms with Gasteiger partial charge in [-0.1, -0.05) is 12.1 Å². The van der Waals surface area contributed by atoms with E-state index in [9.17, 15) is 22.8 Å². The zero-order valence-corrected chi connectivity index (χ0v) is 24.6. The van der Waals surface area contributed by atoms with Gasteiger partial charge in [-0.15, -0.1) is 0 Å². The van der Waals surface area contributed by atoms with Gasteiger partial charge in [0, 0.05) is 81.4 Å². The number of carbonyl (C=O) groups is 2. The molecule has 224 valence electrons. The molecule has 3 aromatic rings. The van der Waals surface area contributed by atoms with Crippen molar-refractivity contribution in [3.05, 3.63) is 81.0 Å². The second-order valence-electron chi connectivity index (χ2n) is 11.0. The van der Waals surface area contributed by atoms with Crippen LogP contribution in [0.5, 0.6) is 5.75 Å². The molecular formula is C31H35F3N4O3S. The number of ether oxygens (including phenoxy) is 1. The van der Waals surface area contributed by atoms with Crippen molar-refractivity contribution in [3.8, 4) is 5.75 Å². The molecule has 0 spiro atoms. The maximum absolute atomic E-state index is 14.0. The number of carbonyl (C=O) groups excluding carboxylic acids is 2. The van der Waals surface area contributed by atoms with Gasteiger partial charge in [-0.25, -0.2) is 0 Å². The van der Waals surface area contributed by atoms with Gasteiger partial charge in [0.25, 0.3) is 11.8 Å². The second kappa shape index (κ2) is 12.8. The first-order chi connectivity index (χ1) is 20.1. The molecule has 2 aliphatic heterocycles. The molecule has 2 aromatic carbocycles. The minimum absolute atomic E-state index is 0.0247. The maximum atomic E-state index is 14.0. The van der Waals surface area contributed by atoms with E-state index in [1.54, 1.807) is 18.2 Å². The molecule has 0 bridgehead atoms. The number of nitrogens with zero attached hydrogens (tertiary/aromatic N) is 3. The summed E-state index contributed by atoms with van der Waals surface area (Å²) in [7, 11) is 2.00. The van der Waals surface area contributed by atoms with Crippen LogP contribution >= 0.6 is 11.3 Å². The van der Waals surface area contributed by atoms with E-state index in [2.05, 4.69) is 10.2 Å². The summed E-state index contributed by atoms with van der Waals surface area (Å²) in [5, 5.41) is 6.47. The molecule has 1 N–H and O–H groups in total. The molecule has 7 nitrogen and oxygen atoms in total. The summed E-state index contributed by atoms with van der Waals surface area (Å²) in [6.45, 7) is 6.24. The van der Waals surface area contributed by atoms with Crippen LogP contribution < -0.4 is 10.1 Å². The number of hydrogen-bond acceptors (Lipinski definition) is 6. The molecule has 0 atom stereocenters. The normalized spacial score (nSPS) is 17.3. The summed E-state index contributed by atoms with van der Waals surface area (Å²) < 4.78 is 48.2. The number of likely N-dealkylation sites (N-methyl/N-ethyl adjacent to an activating group) is 1. The first-order valence-electron chi connectivity index (χ1n) is 14.1. The number of nitrogens with one attached hydrogen (secondary N) is 1. The standard InChI is InChI=1S/C31H35F3N4O3S/c1-21-3-6-25(18-28(21)41-26-7-10-38(11-8-26)30(40)24-9-16-42-20-24)35-29(39)22-4-5-23(27(17-22)31(32,33)34)19-37-14-12-36(2)13-15-37/h3-6,9,16-18,20,26H,7-8,10-15,19H2,1-2H3,(H,35,39). The van der Waals surface area contributed by atoms with Gasteiger partial charge in [-0.3, -0.25) is 14.5 Å². The Morgan fingerprint density at radius 1 is 0.976 bits per heavy atom. The summed E-state index contributed by atoms with van der Waals surface area (Å²) in [6.07, 6.45) is -3.32.